The maximum absolute atomic E-state index is 4.24. The summed E-state index contributed by atoms with van der Waals surface area (Å²) in [6, 6.07) is 0.732. The Labute approximate surface area is 73.0 Å². The van der Waals surface area contributed by atoms with Crippen LogP contribution in [-0.4, -0.2) is 21.0 Å². The number of hydrogen-bond donors (Lipinski definition) is 1. The highest BCUT2D eigenvalue weighted by Gasteiger charge is 2.03. The molecule has 1 heterocycles. The second kappa shape index (κ2) is 3.56. The van der Waals surface area contributed by atoms with Gasteiger partial charge < -0.3 is 5.32 Å². The van der Waals surface area contributed by atoms with E-state index in [1.165, 1.54) is 0 Å². The van der Waals surface area contributed by atoms with E-state index in [1.54, 1.807) is 11.0 Å². The van der Waals surface area contributed by atoms with Gasteiger partial charge >= 0.3 is 0 Å². The summed E-state index contributed by atoms with van der Waals surface area (Å²) in [5, 5.41) is 11.5. The summed E-state index contributed by atoms with van der Waals surface area (Å²) < 4.78 is 0. The van der Waals surface area contributed by atoms with E-state index in [4.69, 9.17) is 0 Å². The second-order valence-electron chi connectivity index (χ2n) is 3.44. The van der Waals surface area contributed by atoms with E-state index in [2.05, 4.69) is 43.2 Å². The van der Waals surface area contributed by atoms with Crippen molar-refractivity contribution in [1.82, 2.24) is 15.0 Å². The van der Waals surface area contributed by atoms with E-state index < -0.39 is 0 Å². The van der Waals surface area contributed by atoms with Gasteiger partial charge in [0.1, 0.15) is 0 Å². The molecule has 1 N–H and O–H groups in total. The minimum absolute atomic E-state index is 0.327. The Kier molecular flexibility index (Phi) is 2.68. The van der Waals surface area contributed by atoms with Gasteiger partial charge in [-0.2, -0.15) is 9.90 Å². The largest absolute Gasteiger partial charge is 0.365 e. The molecule has 0 saturated heterocycles. The molecular weight excluding hydrogens is 152 g/mol. The fraction of sp³-hybridized carbons (Fsp3) is 0.750. The van der Waals surface area contributed by atoms with Crippen LogP contribution in [-0.2, 0) is 0 Å². The zero-order valence-electron chi connectivity index (χ0n) is 8.07. The minimum Gasteiger partial charge on any atom is -0.365 e. The van der Waals surface area contributed by atoms with Crippen LogP contribution in [0.15, 0.2) is 6.20 Å². The molecule has 0 aromatic carbocycles. The number of rotatable bonds is 3. The van der Waals surface area contributed by atoms with Gasteiger partial charge in [-0.15, -0.1) is 5.10 Å². The molecule has 1 aromatic rings. The first kappa shape index (κ1) is 9.03. The molecule has 0 aliphatic heterocycles. The zero-order chi connectivity index (χ0) is 9.14. The number of nitrogens with zero attached hydrogens (tertiary/aromatic N) is 3. The van der Waals surface area contributed by atoms with E-state index >= 15 is 0 Å². The van der Waals surface area contributed by atoms with Gasteiger partial charge in [-0.3, -0.25) is 0 Å². The average molecular weight is 168 g/mol. The van der Waals surface area contributed by atoms with Crippen LogP contribution >= 0.6 is 0 Å². The normalized spacial score (nSPS) is 11.2. The molecule has 4 nitrogen and oxygen atoms in total. The Balaban J connectivity index is 2.64. The van der Waals surface area contributed by atoms with Crippen LogP contribution in [0.4, 0.5) is 5.82 Å². The minimum atomic E-state index is 0.327. The Morgan fingerprint density at radius 3 is 2.42 bits per heavy atom. The highest BCUT2D eigenvalue weighted by atomic mass is 15.5. The van der Waals surface area contributed by atoms with Gasteiger partial charge in [-0.25, -0.2) is 0 Å². The summed E-state index contributed by atoms with van der Waals surface area (Å²) in [5.74, 6) is 0.846. The maximum Gasteiger partial charge on any atom is 0.168 e. The molecule has 1 rings (SSSR count). The monoisotopic (exact) mass is 168 g/mol. The average Bonchev–Trinajstić information content (AvgIpc) is 2.34. The van der Waals surface area contributed by atoms with Gasteiger partial charge in [0.15, 0.2) is 5.82 Å². The first-order chi connectivity index (χ1) is 5.59. The third-order valence-corrected chi connectivity index (χ3v) is 1.41. The van der Waals surface area contributed by atoms with Crippen molar-refractivity contribution < 1.29 is 0 Å². The lowest BCUT2D eigenvalue weighted by atomic mass is 10.4. The molecule has 4 heteroatoms. The molecule has 0 aliphatic carbocycles. The molecule has 0 radical (unpaired) electrons. The summed E-state index contributed by atoms with van der Waals surface area (Å²) in [5.41, 5.74) is 0. The van der Waals surface area contributed by atoms with Crippen molar-refractivity contribution in [3.63, 3.8) is 0 Å². The van der Waals surface area contributed by atoms with Crippen LogP contribution in [0.2, 0.25) is 0 Å². The van der Waals surface area contributed by atoms with Crippen LogP contribution in [0.25, 0.3) is 0 Å². The SMILES string of the molecule is CC(C)Nc1cnn(C(C)C)n1. The van der Waals surface area contributed by atoms with Crippen LogP contribution in [0.5, 0.6) is 0 Å². The summed E-state index contributed by atoms with van der Waals surface area (Å²) in [6.45, 7) is 8.26. The van der Waals surface area contributed by atoms with Gasteiger partial charge in [0.25, 0.3) is 0 Å². The molecule has 1 aromatic heterocycles. The van der Waals surface area contributed by atoms with E-state index in [-0.39, 0.29) is 0 Å². The lowest BCUT2D eigenvalue weighted by Crippen LogP contribution is -2.11. The topological polar surface area (TPSA) is 42.7 Å². The van der Waals surface area contributed by atoms with Gasteiger partial charge in [0.2, 0.25) is 0 Å². The van der Waals surface area contributed by atoms with Crippen molar-refractivity contribution in [2.24, 2.45) is 0 Å². The van der Waals surface area contributed by atoms with E-state index in [1.807, 2.05) is 0 Å². The molecule has 0 fully saturated rings. The predicted molar refractivity (Wildman–Crippen MR) is 49.2 cm³/mol. The van der Waals surface area contributed by atoms with Crippen LogP contribution in [0.3, 0.4) is 0 Å². The number of anilines is 1. The number of nitrogens with one attached hydrogen (secondary N) is 1. The van der Waals surface area contributed by atoms with Crippen molar-refractivity contribution >= 4 is 5.82 Å². The molecule has 0 saturated carbocycles. The van der Waals surface area contributed by atoms with Gasteiger partial charge in [-0.05, 0) is 27.7 Å². The Morgan fingerprint density at radius 2 is 2.00 bits per heavy atom. The summed E-state index contributed by atoms with van der Waals surface area (Å²) >= 11 is 0. The molecule has 0 spiro atoms. The zero-order valence-corrected chi connectivity index (χ0v) is 8.07. The van der Waals surface area contributed by atoms with Crippen molar-refractivity contribution in [3.05, 3.63) is 6.20 Å². The first-order valence-electron chi connectivity index (χ1n) is 4.28. The first-order valence-corrected chi connectivity index (χ1v) is 4.28. The van der Waals surface area contributed by atoms with Crippen LogP contribution in [0, 0.1) is 0 Å². The second-order valence-corrected chi connectivity index (χ2v) is 3.44. The van der Waals surface area contributed by atoms with Crippen molar-refractivity contribution in [3.8, 4) is 0 Å². The summed E-state index contributed by atoms with van der Waals surface area (Å²) in [7, 11) is 0. The molecule has 12 heavy (non-hydrogen) atoms. The predicted octanol–water partition coefficient (Wildman–Crippen LogP) is 1.68. The molecule has 68 valence electrons. The molecule has 0 bridgehead atoms. The van der Waals surface area contributed by atoms with Crippen LogP contribution < -0.4 is 5.32 Å². The van der Waals surface area contributed by atoms with E-state index in [0.717, 1.165) is 5.82 Å². The fourth-order valence-electron chi connectivity index (χ4n) is 0.887. The lowest BCUT2D eigenvalue weighted by molar-refractivity contribution is 0.467. The summed E-state index contributed by atoms with van der Waals surface area (Å²) in [6.07, 6.45) is 1.75. The third kappa shape index (κ3) is 2.22. The molecule has 0 atom stereocenters. The smallest absolute Gasteiger partial charge is 0.168 e. The van der Waals surface area contributed by atoms with Gasteiger partial charge in [0.05, 0.1) is 12.2 Å². The van der Waals surface area contributed by atoms with Crippen molar-refractivity contribution in [1.29, 1.82) is 0 Å². The molecule has 0 aliphatic rings. The van der Waals surface area contributed by atoms with Crippen LogP contribution in [0.1, 0.15) is 33.7 Å². The number of hydrogen-bond acceptors (Lipinski definition) is 3. The maximum atomic E-state index is 4.24. The highest BCUT2D eigenvalue weighted by molar-refractivity contribution is 5.29. The Bertz CT molecular complexity index is 239. The van der Waals surface area contributed by atoms with Crippen molar-refractivity contribution in [2.75, 3.05) is 5.32 Å². The Hall–Kier alpha value is -1.06. The Morgan fingerprint density at radius 1 is 1.33 bits per heavy atom. The van der Waals surface area contributed by atoms with E-state index in [0.29, 0.717) is 12.1 Å². The highest BCUT2D eigenvalue weighted by Crippen LogP contribution is 2.05. The quantitative estimate of drug-likeness (QED) is 0.746. The van der Waals surface area contributed by atoms with E-state index in [9.17, 15) is 0 Å². The fourth-order valence-corrected chi connectivity index (χ4v) is 0.887. The summed E-state index contributed by atoms with van der Waals surface area (Å²) in [4.78, 5) is 1.70. The third-order valence-electron chi connectivity index (χ3n) is 1.41. The standard InChI is InChI=1S/C8H16N4/c1-6(2)10-8-5-9-12(11-8)7(3)4/h5-7H,1-4H3,(H,10,11). The molecular formula is C8H16N4. The van der Waals surface area contributed by atoms with Gasteiger partial charge in [0, 0.05) is 6.04 Å². The lowest BCUT2D eigenvalue weighted by Gasteiger charge is -2.05. The molecule has 0 unspecified atom stereocenters. The van der Waals surface area contributed by atoms with Crippen molar-refractivity contribution in [2.45, 2.75) is 39.8 Å². The molecule has 0 amide bonds. The van der Waals surface area contributed by atoms with Gasteiger partial charge in [-0.1, -0.05) is 0 Å². The number of aromatic nitrogens is 3.